The topological polar surface area (TPSA) is 47.0 Å². The summed E-state index contributed by atoms with van der Waals surface area (Å²) in [5.41, 5.74) is 0. The van der Waals surface area contributed by atoms with Gasteiger partial charge in [0.05, 0.1) is 4.70 Å². The third-order valence-electron chi connectivity index (χ3n) is 1.58. The predicted molar refractivity (Wildman–Crippen MR) is 52.7 cm³/mol. The van der Waals surface area contributed by atoms with Gasteiger partial charge >= 0.3 is 0 Å². The van der Waals surface area contributed by atoms with Crippen LogP contribution >= 0.6 is 22.2 Å². The van der Waals surface area contributed by atoms with Crippen LogP contribution in [0.25, 0.3) is 10.1 Å². The zero-order valence-corrected chi connectivity index (χ0v) is 8.66. The molecule has 0 atom stereocenters. The number of nitrogens with zero attached hydrogens (tertiary/aromatic N) is 1. The maximum Gasteiger partial charge on any atom is 0.280 e. The summed E-state index contributed by atoms with van der Waals surface area (Å²) in [4.78, 5) is 0. The average molecular weight is 234 g/mol. The lowest BCUT2D eigenvalue weighted by atomic mass is 10.3. The van der Waals surface area contributed by atoms with Crippen LogP contribution in [0.3, 0.4) is 0 Å². The van der Waals surface area contributed by atoms with Crippen LogP contribution in [-0.2, 0) is 9.05 Å². The van der Waals surface area contributed by atoms with Gasteiger partial charge in [0, 0.05) is 16.1 Å². The van der Waals surface area contributed by atoms with Gasteiger partial charge in [-0.1, -0.05) is 18.2 Å². The molecule has 0 aliphatic heterocycles. The van der Waals surface area contributed by atoms with E-state index in [4.69, 9.17) is 10.7 Å². The fraction of sp³-hybridized carbons (Fsp3) is 0. The van der Waals surface area contributed by atoms with E-state index in [9.17, 15) is 8.42 Å². The minimum absolute atomic E-state index is 0.0465. The molecule has 0 N–H and O–H groups in total. The summed E-state index contributed by atoms with van der Waals surface area (Å²) in [6.45, 7) is 0. The van der Waals surface area contributed by atoms with E-state index < -0.39 is 9.05 Å². The van der Waals surface area contributed by atoms with Crippen molar-refractivity contribution in [2.45, 2.75) is 5.03 Å². The van der Waals surface area contributed by atoms with Crippen LogP contribution in [0.2, 0.25) is 0 Å². The van der Waals surface area contributed by atoms with Crippen LogP contribution in [0.15, 0.2) is 29.3 Å². The molecule has 0 saturated carbocycles. The Morgan fingerprint density at radius 2 is 2.00 bits per heavy atom. The van der Waals surface area contributed by atoms with E-state index in [-0.39, 0.29) is 5.03 Å². The Hall–Kier alpha value is -0.650. The number of aromatic nitrogens is 1. The molecule has 0 radical (unpaired) electrons. The van der Waals surface area contributed by atoms with E-state index in [1.807, 2.05) is 6.07 Å². The first-order valence-corrected chi connectivity index (χ1v) is 6.46. The lowest BCUT2D eigenvalue weighted by Crippen LogP contribution is -1.89. The highest BCUT2D eigenvalue weighted by Gasteiger charge is 2.17. The van der Waals surface area contributed by atoms with Crippen LogP contribution in [0.4, 0.5) is 0 Å². The van der Waals surface area contributed by atoms with Gasteiger partial charge in [-0.3, -0.25) is 0 Å². The van der Waals surface area contributed by atoms with Gasteiger partial charge in [0.2, 0.25) is 0 Å². The summed E-state index contributed by atoms with van der Waals surface area (Å²) in [7, 11) is 1.48. The second kappa shape index (κ2) is 2.94. The van der Waals surface area contributed by atoms with Gasteiger partial charge < -0.3 is 0 Å². The largest absolute Gasteiger partial charge is 0.280 e. The first kappa shape index (κ1) is 8.93. The van der Waals surface area contributed by atoms with Crippen molar-refractivity contribution in [1.82, 2.24) is 4.37 Å². The van der Waals surface area contributed by atoms with Gasteiger partial charge in [-0.25, -0.2) is 8.42 Å². The van der Waals surface area contributed by atoms with E-state index in [1.54, 1.807) is 18.2 Å². The number of fused-ring (bicyclic) bond motifs is 1. The first-order chi connectivity index (χ1) is 6.09. The SMILES string of the molecule is O=S(=O)(Cl)c1nsc2ccccc12. The summed E-state index contributed by atoms with van der Waals surface area (Å²) >= 11 is 1.13. The van der Waals surface area contributed by atoms with E-state index in [0.717, 1.165) is 16.2 Å². The van der Waals surface area contributed by atoms with Crippen molar-refractivity contribution >= 4 is 41.4 Å². The Kier molecular flexibility index (Phi) is 2.02. The molecular formula is C7H4ClNO2S2. The maximum atomic E-state index is 11.0. The van der Waals surface area contributed by atoms with Crippen LogP contribution in [0, 0.1) is 0 Å². The van der Waals surface area contributed by atoms with E-state index in [0.29, 0.717) is 5.39 Å². The molecule has 0 amide bonds. The minimum atomic E-state index is -3.71. The zero-order chi connectivity index (χ0) is 9.47. The molecule has 2 rings (SSSR count). The molecule has 1 heterocycles. The van der Waals surface area contributed by atoms with E-state index in [2.05, 4.69) is 4.37 Å². The third kappa shape index (κ3) is 1.54. The molecule has 0 aliphatic carbocycles. The molecule has 1 aromatic carbocycles. The summed E-state index contributed by atoms with van der Waals surface area (Å²) < 4.78 is 26.6. The Morgan fingerprint density at radius 3 is 2.69 bits per heavy atom. The highest BCUT2D eigenvalue weighted by Crippen LogP contribution is 2.27. The van der Waals surface area contributed by atoms with Crippen molar-refractivity contribution in [1.29, 1.82) is 0 Å². The number of halogens is 1. The normalized spacial score (nSPS) is 12.1. The first-order valence-electron chi connectivity index (χ1n) is 3.38. The summed E-state index contributed by atoms with van der Waals surface area (Å²) in [5, 5.41) is 0.539. The van der Waals surface area contributed by atoms with Crippen LogP contribution < -0.4 is 0 Å². The molecule has 68 valence electrons. The van der Waals surface area contributed by atoms with Crippen LogP contribution in [0.1, 0.15) is 0 Å². The quantitative estimate of drug-likeness (QED) is 0.710. The van der Waals surface area contributed by atoms with Gasteiger partial charge in [-0.2, -0.15) is 4.37 Å². The zero-order valence-electron chi connectivity index (χ0n) is 6.27. The Morgan fingerprint density at radius 1 is 1.31 bits per heavy atom. The van der Waals surface area contributed by atoms with Crippen molar-refractivity contribution in [3.63, 3.8) is 0 Å². The van der Waals surface area contributed by atoms with Gasteiger partial charge in [0.1, 0.15) is 0 Å². The molecule has 0 fully saturated rings. The third-order valence-corrected chi connectivity index (χ3v) is 3.73. The Bertz CT molecular complexity index is 546. The Labute approximate surface area is 83.5 Å². The van der Waals surface area contributed by atoms with Gasteiger partial charge in [0.15, 0.2) is 5.03 Å². The second-order valence-electron chi connectivity index (χ2n) is 2.42. The number of hydrogen-bond acceptors (Lipinski definition) is 4. The van der Waals surface area contributed by atoms with Crippen molar-refractivity contribution in [3.8, 4) is 0 Å². The monoisotopic (exact) mass is 233 g/mol. The molecule has 1 aromatic heterocycles. The molecule has 0 unspecified atom stereocenters. The van der Waals surface area contributed by atoms with Gasteiger partial charge in [-0.15, -0.1) is 0 Å². The molecule has 6 heteroatoms. The highest BCUT2D eigenvalue weighted by molar-refractivity contribution is 8.13. The molecule has 0 saturated heterocycles. The molecular weight excluding hydrogens is 230 g/mol. The number of benzene rings is 1. The van der Waals surface area contributed by atoms with E-state index in [1.165, 1.54) is 0 Å². The van der Waals surface area contributed by atoms with Crippen LogP contribution in [-0.4, -0.2) is 12.8 Å². The lowest BCUT2D eigenvalue weighted by Gasteiger charge is -1.89. The van der Waals surface area contributed by atoms with Crippen LogP contribution in [0.5, 0.6) is 0 Å². The van der Waals surface area contributed by atoms with Crippen molar-refractivity contribution < 1.29 is 8.42 Å². The molecule has 2 aromatic rings. The molecule has 3 nitrogen and oxygen atoms in total. The smallest absolute Gasteiger partial charge is 0.205 e. The van der Waals surface area contributed by atoms with Gasteiger partial charge in [-0.05, 0) is 17.6 Å². The molecule has 13 heavy (non-hydrogen) atoms. The molecule has 0 bridgehead atoms. The fourth-order valence-corrected chi connectivity index (χ4v) is 3.20. The lowest BCUT2D eigenvalue weighted by molar-refractivity contribution is 0.608. The maximum absolute atomic E-state index is 11.0. The highest BCUT2D eigenvalue weighted by atomic mass is 35.7. The predicted octanol–water partition coefficient (Wildman–Crippen LogP) is 2.22. The van der Waals surface area contributed by atoms with Crippen molar-refractivity contribution in [2.24, 2.45) is 0 Å². The molecule has 0 spiro atoms. The average Bonchev–Trinajstić information content (AvgIpc) is 2.45. The van der Waals surface area contributed by atoms with Crippen molar-refractivity contribution in [2.75, 3.05) is 0 Å². The summed E-state index contributed by atoms with van der Waals surface area (Å²) in [6.07, 6.45) is 0. The molecule has 0 aliphatic rings. The summed E-state index contributed by atoms with van der Waals surface area (Å²) in [6, 6.07) is 7.07. The fourth-order valence-electron chi connectivity index (χ4n) is 1.04. The van der Waals surface area contributed by atoms with Crippen molar-refractivity contribution in [3.05, 3.63) is 24.3 Å². The standard InChI is InChI=1S/C7H4ClNO2S2/c8-13(10,11)7-5-3-1-2-4-6(5)12-9-7/h1-4H. The second-order valence-corrected chi connectivity index (χ2v) is 5.71. The van der Waals surface area contributed by atoms with E-state index >= 15 is 0 Å². The minimum Gasteiger partial charge on any atom is -0.205 e. The Balaban J connectivity index is 2.87. The van der Waals surface area contributed by atoms with Gasteiger partial charge in [0.25, 0.3) is 9.05 Å². The number of rotatable bonds is 1. The number of hydrogen-bond donors (Lipinski definition) is 0. The summed E-state index contributed by atoms with van der Waals surface area (Å²) in [5.74, 6) is 0.